The second-order valence-corrected chi connectivity index (χ2v) is 27.5. The van der Waals surface area contributed by atoms with Gasteiger partial charge < -0.3 is 0 Å². The van der Waals surface area contributed by atoms with Crippen molar-refractivity contribution in [3.05, 3.63) is 172 Å². The van der Waals surface area contributed by atoms with Crippen LogP contribution in [0.5, 0.6) is 0 Å². The Bertz CT molecular complexity index is 2230. The van der Waals surface area contributed by atoms with Crippen LogP contribution in [0.15, 0.2) is 133 Å². The Kier molecular flexibility index (Phi) is 9.09. The Morgan fingerprint density at radius 1 is 0.588 bits per heavy atom. The van der Waals surface area contributed by atoms with Crippen LogP contribution in [0.3, 0.4) is 0 Å². The van der Waals surface area contributed by atoms with Crippen molar-refractivity contribution in [2.24, 2.45) is 0 Å². The van der Waals surface area contributed by atoms with Gasteiger partial charge in [-0.25, -0.2) is 0 Å². The van der Waals surface area contributed by atoms with Gasteiger partial charge in [0, 0.05) is 0 Å². The van der Waals surface area contributed by atoms with E-state index in [1.807, 2.05) is 0 Å². The van der Waals surface area contributed by atoms with Gasteiger partial charge in [0.25, 0.3) is 0 Å². The Labute approximate surface area is 318 Å². The standard InChI is InChI=1S/C37H39.C12H11Si.Zr/c1-8-11-25-19-31-28-13-10-9-12-23(28)15-17-29(31)35(25)34-22-27(37(5,6)7)21-33-30-20-26(36(2,3)4)16-14-24(30)18-32(33)34;1-3-7-11(8-4-1)13-12-9-5-2-6-10-12;/h9-10,12-22,35H,8,11H2,1-7H3;1-10,13H;. The fourth-order valence-electron chi connectivity index (χ4n) is 8.64. The van der Waals surface area contributed by atoms with E-state index < -0.39 is 28.3 Å². The van der Waals surface area contributed by atoms with Gasteiger partial charge in [0.05, 0.1) is 0 Å². The summed E-state index contributed by atoms with van der Waals surface area (Å²) in [4.78, 5) is 0. The van der Waals surface area contributed by atoms with E-state index in [9.17, 15) is 0 Å². The number of rotatable bonds is 7. The monoisotopic (exact) mass is 756 g/mol. The molecule has 2 atom stereocenters. The van der Waals surface area contributed by atoms with E-state index in [4.69, 9.17) is 0 Å². The van der Waals surface area contributed by atoms with E-state index in [1.54, 1.807) is 32.6 Å². The van der Waals surface area contributed by atoms with Gasteiger partial charge in [-0.05, 0) is 0 Å². The second kappa shape index (κ2) is 13.4. The average Bonchev–Trinajstić information content (AvgIpc) is 3.65. The number of hydrogen-bond acceptors (Lipinski definition) is 0. The van der Waals surface area contributed by atoms with E-state index in [1.165, 1.54) is 44.2 Å². The molecular weight excluding hydrogens is 708 g/mol. The zero-order chi connectivity index (χ0) is 35.5. The van der Waals surface area contributed by atoms with Crippen LogP contribution in [0.2, 0.25) is 0 Å². The first-order valence-electron chi connectivity index (χ1n) is 18.9. The third-order valence-corrected chi connectivity index (χ3v) is 25.4. The predicted molar refractivity (Wildman–Crippen MR) is 219 cm³/mol. The van der Waals surface area contributed by atoms with Crippen LogP contribution >= 0.6 is 0 Å². The molecule has 0 aromatic heterocycles. The minimum atomic E-state index is -1.44. The SMILES string of the molecule is CCCC1=Cc2c(ccc3ccccc23)C1c1cc(C(C)(C)C)cc2c1[CH]([Zr][SiH](c1ccccc1)c1ccccc1)c1ccc(C(C)(C)C)cc1-2. The van der Waals surface area contributed by atoms with Gasteiger partial charge in [0.15, 0.2) is 0 Å². The van der Waals surface area contributed by atoms with Crippen molar-refractivity contribution < 1.29 is 22.4 Å². The number of benzene rings is 6. The van der Waals surface area contributed by atoms with Crippen LogP contribution in [0.4, 0.5) is 0 Å². The Morgan fingerprint density at radius 2 is 1.20 bits per heavy atom. The zero-order valence-corrected chi connectivity index (χ0v) is 35.0. The Balaban J connectivity index is 1.41. The van der Waals surface area contributed by atoms with Crippen LogP contribution in [-0.2, 0) is 33.2 Å². The molecule has 0 saturated heterocycles. The summed E-state index contributed by atoms with van der Waals surface area (Å²) in [5.74, 6) is -1.16. The van der Waals surface area contributed by atoms with Crippen molar-refractivity contribution in [1.82, 2.24) is 0 Å². The third kappa shape index (κ3) is 6.32. The molecule has 2 aliphatic carbocycles. The molecule has 0 bridgehead atoms. The summed E-state index contributed by atoms with van der Waals surface area (Å²) in [6.45, 7) is 16.7. The van der Waals surface area contributed by atoms with E-state index in [0.717, 1.165) is 12.8 Å². The first-order chi connectivity index (χ1) is 24.5. The number of allylic oxidation sites excluding steroid dienone is 1. The molecule has 0 radical (unpaired) electrons. The van der Waals surface area contributed by atoms with Gasteiger partial charge in [0.1, 0.15) is 0 Å². The van der Waals surface area contributed by atoms with E-state index in [-0.39, 0.29) is 16.7 Å². The minimum absolute atomic E-state index is 0.0362. The number of hydrogen-bond donors (Lipinski definition) is 0. The summed E-state index contributed by atoms with van der Waals surface area (Å²) >= 11 is -1.08. The van der Waals surface area contributed by atoms with Gasteiger partial charge >= 0.3 is 320 Å². The molecule has 0 nitrogen and oxygen atoms in total. The van der Waals surface area contributed by atoms with Crippen LogP contribution in [-0.4, -0.2) is 5.92 Å². The molecule has 8 rings (SSSR count). The molecule has 0 amide bonds. The summed E-state index contributed by atoms with van der Waals surface area (Å²) in [6, 6.07) is 50.0. The molecule has 2 unspecified atom stereocenters. The molecule has 0 spiro atoms. The first-order valence-corrected chi connectivity index (χ1v) is 26.3. The Hall–Kier alpha value is -3.58. The molecule has 6 aromatic rings. The van der Waals surface area contributed by atoms with Gasteiger partial charge in [-0.3, -0.25) is 0 Å². The topological polar surface area (TPSA) is 0 Å². The number of fused-ring (bicyclic) bond motifs is 6. The van der Waals surface area contributed by atoms with E-state index >= 15 is 0 Å². The van der Waals surface area contributed by atoms with Crippen molar-refractivity contribution in [3.8, 4) is 11.1 Å². The van der Waals surface area contributed by atoms with Crippen molar-refractivity contribution in [2.75, 3.05) is 0 Å². The third-order valence-electron chi connectivity index (χ3n) is 11.4. The summed E-state index contributed by atoms with van der Waals surface area (Å²) in [5.41, 5.74) is 15.4. The summed E-state index contributed by atoms with van der Waals surface area (Å²) in [6.07, 6.45) is 4.86. The van der Waals surface area contributed by atoms with Crippen LogP contribution in [0, 0.1) is 0 Å². The summed E-state index contributed by atoms with van der Waals surface area (Å²) in [5, 5.41) is 5.94. The van der Waals surface area contributed by atoms with Crippen molar-refractivity contribution in [2.45, 2.75) is 81.7 Å². The van der Waals surface area contributed by atoms with Crippen molar-refractivity contribution in [3.63, 3.8) is 0 Å². The molecule has 254 valence electrons. The molecule has 2 aliphatic rings. The summed E-state index contributed by atoms with van der Waals surface area (Å²) in [7, 11) is 0. The maximum absolute atomic E-state index is 2.67. The second-order valence-electron chi connectivity index (χ2n) is 16.9. The van der Waals surface area contributed by atoms with Gasteiger partial charge in [-0.2, -0.15) is 0 Å². The average molecular weight is 758 g/mol. The molecule has 0 aliphatic heterocycles. The van der Waals surface area contributed by atoms with E-state index in [0.29, 0.717) is 3.63 Å². The molecule has 0 saturated carbocycles. The van der Waals surface area contributed by atoms with Gasteiger partial charge in [-0.15, -0.1) is 0 Å². The van der Waals surface area contributed by atoms with Crippen LogP contribution < -0.4 is 10.4 Å². The van der Waals surface area contributed by atoms with Gasteiger partial charge in [0.2, 0.25) is 0 Å². The molecule has 6 aromatic carbocycles. The van der Waals surface area contributed by atoms with E-state index in [2.05, 4.69) is 182 Å². The van der Waals surface area contributed by atoms with Crippen molar-refractivity contribution >= 4 is 33.1 Å². The zero-order valence-electron chi connectivity index (χ0n) is 31.3. The fourth-order valence-corrected chi connectivity index (χ4v) is 23.4. The first kappa shape index (κ1) is 34.5. The van der Waals surface area contributed by atoms with Crippen LogP contribution in [0.1, 0.15) is 110 Å². The van der Waals surface area contributed by atoms with Crippen molar-refractivity contribution in [1.29, 1.82) is 0 Å². The quantitative estimate of drug-likeness (QED) is 0.142. The molecule has 0 N–H and O–H groups in total. The van der Waals surface area contributed by atoms with Crippen LogP contribution in [0.25, 0.3) is 28.0 Å². The molecular formula is C49H50SiZr. The van der Waals surface area contributed by atoms with Gasteiger partial charge in [-0.1, -0.05) is 0 Å². The maximum atomic E-state index is 2.67. The predicted octanol–water partition coefficient (Wildman–Crippen LogP) is 11.5. The Morgan fingerprint density at radius 3 is 1.84 bits per heavy atom. The molecule has 0 fully saturated rings. The normalized spacial score (nSPS) is 16.6. The summed E-state index contributed by atoms with van der Waals surface area (Å²) < 4.78 is 0.501. The fraction of sp³-hybridized carbons (Fsp3) is 0.265. The molecule has 2 heteroatoms. The molecule has 0 heterocycles. The molecule has 51 heavy (non-hydrogen) atoms.